The molecule has 2 heterocycles. The van der Waals surface area contributed by atoms with Gasteiger partial charge in [0.05, 0.1) is 13.2 Å². The van der Waals surface area contributed by atoms with Gasteiger partial charge in [-0.15, -0.1) is 0 Å². The number of benzene rings is 2. The van der Waals surface area contributed by atoms with Crippen LogP contribution in [0.1, 0.15) is 83.1 Å². The van der Waals surface area contributed by atoms with Crippen LogP contribution in [-0.4, -0.2) is 70.4 Å². The summed E-state index contributed by atoms with van der Waals surface area (Å²) in [5.74, 6) is 0.811. The molecule has 2 saturated carbocycles. The minimum absolute atomic E-state index is 0.155. The molecular formula is C38H52ClFN6O2. The minimum atomic E-state index is -0.342. The summed E-state index contributed by atoms with van der Waals surface area (Å²) < 4.78 is 21.4. The molecular weight excluding hydrogens is 627 g/mol. The summed E-state index contributed by atoms with van der Waals surface area (Å²) in [6.07, 6.45) is 16.6. The number of likely N-dealkylation sites (tertiary alicyclic amines) is 1. The Morgan fingerprint density at radius 3 is 2.44 bits per heavy atom. The number of aromatic nitrogens is 3. The molecule has 1 N–H and O–H groups in total. The van der Waals surface area contributed by atoms with E-state index in [0.717, 1.165) is 76.0 Å². The molecule has 3 aromatic rings. The third-order valence-corrected chi connectivity index (χ3v) is 11.8. The van der Waals surface area contributed by atoms with E-state index < -0.39 is 0 Å². The molecule has 8 nitrogen and oxygen atoms in total. The molecule has 0 bridgehead atoms. The van der Waals surface area contributed by atoms with Crippen molar-refractivity contribution in [1.29, 1.82) is 0 Å². The predicted molar refractivity (Wildman–Crippen MR) is 189 cm³/mol. The Labute approximate surface area is 290 Å². The molecule has 260 valence electrons. The molecule has 0 radical (unpaired) electrons. The molecule has 1 amide bonds. The van der Waals surface area contributed by atoms with Crippen molar-refractivity contribution >= 4 is 23.2 Å². The van der Waals surface area contributed by atoms with Gasteiger partial charge in [0.25, 0.3) is 0 Å². The summed E-state index contributed by atoms with van der Waals surface area (Å²) >= 11 is 6.22. The molecule has 0 spiro atoms. The number of amides is 1. The maximum Gasteiger partial charge on any atom is 0.240 e. The number of carbonyl (C=O) groups is 1. The number of hydrogen-bond donors (Lipinski definition) is 1. The van der Waals surface area contributed by atoms with Crippen molar-refractivity contribution in [2.24, 2.45) is 11.3 Å². The summed E-state index contributed by atoms with van der Waals surface area (Å²) in [5.41, 5.74) is 2.25. The van der Waals surface area contributed by atoms with Crippen molar-refractivity contribution in [2.45, 2.75) is 109 Å². The Kier molecular flexibility index (Phi) is 11.6. The van der Waals surface area contributed by atoms with Crippen molar-refractivity contribution in [3.05, 3.63) is 71.5 Å². The average molecular weight is 679 g/mol. The number of hydrogen-bond acceptors (Lipinski definition) is 6. The fourth-order valence-corrected chi connectivity index (χ4v) is 8.96. The maximum atomic E-state index is 14.4. The highest BCUT2D eigenvalue weighted by molar-refractivity contribution is 6.30. The van der Waals surface area contributed by atoms with Crippen LogP contribution in [0, 0.1) is 17.2 Å². The number of ether oxygens (including phenoxy) is 1. The lowest BCUT2D eigenvalue weighted by molar-refractivity contribution is -0.137. The molecule has 1 atom stereocenters. The molecule has 10 heteroatoms. The molecule has 1 aliphatic heterocycles. The van der Waals surface area contributed by atoms with Crippen LogP contribution in [0.2, 0.25) is 5.02 Å². The largest absolute Gasteiger partial charge is 0.494 e. The molecule has 3 fully saturated rings. The van der Waals surface area contributed by atoms with Crippen LogP contribution >= 0.6 is 11.6 Å². The normalized spacial score (nSPS) is 22.3. The lowest BCUT2D eigenvalue weighted by Gasteiger charge is -2.48. The average Bonchev–Trinajstić information content (AvgIpc) is 3.64. The van der Waals surface area contributed by atoms with Gasteiger partial charge in [0.2, 0.25) is 5.91 Å². The lowest BCUT2D eigenvalue weighted by Crippen LogP contribution is -2.56. The van der Waals surface area contributed by atoms with Gasteiger partial charge in [0.1, 0.15) is 12.7 Å². The number of anilines is 1. The number of methoxy groups -OCH3 is 1. The van der Waals surface area contributed by atoms with E-state index in [-0.39, 0.29) is 35.0 Å². The Hall–Kier alpha value is -3.17. The first-order valence-corrected chi connectivity index (χ1v) is 18.5. The molecule has 2 aliphatic carbocycles. The van der Waals surface area contributed by atoms with E-state index in [0.29, 0.717) is 23.4 Å². The van der Waals surface area contributed by atoms with Crippen LogP contribution in [0.5, 0.6) is 5.75 Å². The lowest BCUT2D eigenvalue weighted by atomic mass is 9.63. The van der Waals surface area contributed by atoms with Crippen LogP contribution in [0.3, 0.4) is 0 Å². The van der Waals surface area contributed by atoms with Crippen molar-refractivity contribution in [2.75, 3.05) is 31.6 Å². The van der Waals surface area contributed by atoms with Gasteiger partial charge in [-0.1, -0.05) is 43.0 Å². The molecule has 48 heavy (non-hydrogen) atoms. The molecule has 1 aromatic heterocycles. The van der Waals surface area contributed by atoms with Crippen molar-refractivity contribution < 1.29 is 13.9 Å². The number of rotatable bonds is 12. The maximum absolute atomic E-state index is 14.4. The molecule has 2 aromatic carbocycles. The van der Waals surface area contributed by atoms with Crippen molar-refractivity contribution in [1.82, 2.24) is 25.0 Å². The summed E-state index contributed by atoms with van der Waals surface area (Å²) in [6, 6.07) is 13.4. The van der Waals surface area contributed by atoms with E-state index in [1.165, 1.54) is 45.3 Å². The number of halogens is 2. The molecule has 1 saturated heterocycles. The predicted octanol–water partition coefficient (Wildman–Crippen LogP) is 7.31. The summed E-state index contributed by atoms with van der Waals surface area (Å²) in [4.78, 5) is 23.1. The van der Waals surface area contributed by atoms with E-state index in [2.05, 4.69) is 32.1 Å². The zero-order valence-corrected chi connectivity index (χ0v) is 29.4. The fourth-order valence-electron chi connectivity index (χ4n) is 8.83. The summed E-state index contributed by atoms with van der Waals surface area (Å²) in [6.45, 7) is 5.43. The van der Waals surface area contributed by atoms with E-state index in [9.17, 15) is 9.18 Å². The van der Waals surface area contributed by atoms with Gasteiger partial charge in [-0.05, 0) is 106 Å². The van der Waals surface area contributed by atoms with Gasteiger partial charge in [0, 0.05) is 55.0 Å². The Bertz CT molecular complexity index is 1450. The molecule has 0 unspecified atom stereocenters. The highest BCUT2D eigenvalue weighted by atomic mass is 35.5. The van der Waals surface area contributed by atoms with Gasteiger partial charge in [-0.2, -0.15) is 5.10 Å². The molecule has 6 rings (SSSR count). The van der Waals surface area contributed by atoms with Gasteiger partial charge in [-0.25, -0.2) is 9.37 Å². The van der Waals surface area contributed by atoms with E-state index in [4.69, 9.17) is 16.3 Å². The first kappa shape index (κ1) is 34.7. The van der Waals surface area contributed by atoms with Crippen LogP contribution in [0.25, 0.3) is 0 Å². The Morgan fingerprint density at radius 2 is 1.79 bits per heavy atom. The Balaban J connectivity index is 1.12. The number of carbonyl (C=O) groups excluding carboxylic acids is 1. The van der Waals surface area contributed by atoms with E-state index in [1.54, 1.807) is 12.4 Å². The number of nitrogens with zero attached hydrogens (tertiary/aromatic N) is 5. The second-order valence-electron chi connectivity index (χ2n) is 14.3. The van der Waals surface area contributed by atoms with Crippen LogP contribution in [-0.2, 0) is 17.8 Å². The van der Waals surface area contributed by atoms with Crippen LogP contribution in [0.4, 0.5) is 10.1 Å². The SMILES string of the molecule is CCN(c1ccc(F)c(OC)c1)[C@H]1CC[C@H](N[C@H](Cc2ccc(Cl)cc2)C(=O)N2CCC(Cn3cncn3)(C3CCCCC3)CC2)CC1. The zero-order valence-electron chi connectivity index (χ0n) is 28.6. The smallest absolute Gasteiger partial charge is 0.240 e. The highest BCUT2D eigenvalue weighted by Crippen LogP contribution is 2.47. The van der Waals surface area contributed by atoms with Gasteiger partial charge < -0.3 is 19.9 Å². The minimum Gasteiger partial charge on any atom is -0.494 e. The van der Waals surface area contributed by atoms with Gasteiger partial charge >= 0.3 is 0 Å². The third-order valence-electron chi connectivity index (χ3n) is 11.5. The standard InChI is InChI=1S/C38H52ClFN6O2/c1-3-46(33-17-18-34(40)36(24-33)48-2)32-15-13-31(14-16-32)43-35(23-28-9-11-30(39)12-10-28)37(47)44-21-19-38(20-22-44,25-45-27-41-26-42-45)29-7-5-4-6-8-29/h9-12,17-18,24,26-27,29,31-32,35,43H,3-8,13-16,19-23,25H2,1-2H3/t31-,32-,35-/m1/s1. The molecule has 3 aliphatic rings. The van der Waals surface area contributed by atoms with Gasteiger partial charge in [0.15, 0.2) is 11.6 Å². The number of piperidine rings is 1. The van der Waals surface area contributed by atoms with Crippen LogP contribution in [0.15, 0.2) is 55.1 Å². The summed E-state index contributed by atoms with van der Waals surface area (Å²) in [7, 11) is 1.51. The topological polar surface area (TPSA) is 75.5 Å². The monoisotopic (exact) mass is 678 g/mol. The highest BCUT2D eigenvalue weighted by Gasteiger charge is 2.44. The Morgan fingerprint density at radius 1 is 1.06 bits per heavy atom. The first-order valence-electron chi connectivity index (χ1n) is 18.1. The van der Waals surface area contributed by atoms with E-state index >= 15 is 0 Å². The van der Waals surface area contributed by atoms with Gasteiger partial charge in [-0.3, -0.25) is 9.48 Å². The third kappa shape index (κ3) is 8.16. The quantitative estimate of drug-likeness (QED) is 0.217. The summed E-state index contributed by atoms with van der Waals surface area (Å²) in [5, 5.41) is 9.03. The fraction of sp³-hybridized carbons (Fsp3) is 0.605. The number of nitrogens with one attached hydrogen (secondary N) is 1. The zero-order chi connectivity index (χ0) is 33.5. The first-order chi connectivity index (χ1) is 23.4. The van der Waals surface area contributed by atoms with Crippen molar-refractivity contribution in [3.63, 3.8) is 0 Å². The second-order valence-corrected chi connectivity index (χ2v) is 14.7. The second kappa shape index (κ2) is 16.0. The van der Waals surface area contributed by atoms with E-state index in [1.807, 2.05) is 41.3 Å². The van der Waals surface area contributed by atoms with Crippen molar-refractivity contribution in [3.8, 4) is 5.75 Å². The van der Waals surface area contributed by atoms with Crippen LogP contribution < -0.4 is 15.0 Å².